The van der Waals surface area contributed by atoms with Gasteiger partial charge < -0.3 is 19.9 Å². The van der Waals surface area contributed by atoms with Crippen LogP contribution in [0.1, 0.15) is 32.6 Å². The summed E-state index contributed by atoms with van der Waals surface area (Å²) < 4.78 is 10.3. The minimum atomic E-state index is -0.495. The summed E-state index contributed by atoms with van der Waals surface area (Å²) in [5.74, 6) is 0.570. The lowest BCUT2D eigenvalue weighted by molar-refractivity contribution is -0.125. The molecule has 1 heterocycles. The van der Waals surface area contributed by atoms with Crippen LogP contribution < -0.4 is 5.32 Å². The van der Waals surface area contributed by atoms with Gasteiger partial charge in [0.1, 0.15) is 19.5 Å². The zero-order chi connectivity index (χ0) is 13.0. The molecule has 2 aliphatic rings. The predicted octanol–water partition coefficient (Wildman–Crippen LogP) is 0.932. The molecule has 0 unspecified atom stereocenters. The number of aliphatic hydroxyl groups excluding tert-OH is 1. The number of carbonyl (C=O) groups excluding carboxylic acids is 1. The van der Waals surface area contributed by atoms with Gasteiger partial charge in [-0.2, -0.15) is 0 Å². The van der Waals surface area contributed by atoms with Gasteiger partial charge >= 0.3 is 0 Å². The van der Waals surface area contributed by atoms with Crippen molar-refractivity contribution in [3.05, 3.63) is 12.0 Å². The second-order valence-electron chi connectivity index (χ2n) is 5.28. The third-order valence-corrected chi connectivity index (χ3v) is 3.79. The van der Waals surface area contributed by atoms with Crippen LogP contribution >= 0.6 is 0 Å². The van der Waals surface area contributed by atoms with Crippen molar-refractivity contribution in [1.29, 1.82) is 0 Å². The summed E-state index contributed by atoms with van der Waals surface area (Å²) in [6, 6.07) is 0. The van der Waals surface area contributed by atoms with E-state index < -0.39 is 5.54 Å². The third-order valence-electron chi connectivity index (χ3n) is 3.79. The molecule has 2 rings (SSSR count). The van der Waals surface area contributed by atoms with Crippen molar-refractivity contribution in [3.63, 3.8) is 0 Å². The summed E-state index contributed by atoms with van der Waals surface area (Å²) in [5.41, 5.74) is -0.495. The maximum absolute atomic E-state index is 12.0. The SMILES string of the molecule is CC1CCC(CO)(NC(=O)C2=COCCO2)CC1. The molecule has 1 saturated carbocycles. The molecule has 0 aromatic carbocycles. The Kier molecular flexibility index (Phi) is 4.11. The van der Waals surface area contributed by atoms with E-state index in [1.807, 2.05) is 0 Å². The van der Waals surface area contributed by atoms with Crippen LogP contribution in [0, 0.1) is 5.92 Å². The Bertz CT molecular complexity index is 332. The van der Waals surface area contributed by atoms with E-state index in [9.17, 15) is 9.90 Å². The van der Waals surface area contributed by atoms with E-state index >= 15 is 0 Å². The second kappa shape index (κ2) is 5.61. The highest BCUT2D eigenvalue weighted by Gasteiger charge is 2.36. The first-order chi connectivity index (χ1) is 8.65. The maximum Gasteiger partial charge on any atom is 0.290 e. The number of aliphatic hydroxyl groups is 1. The fraction of sp³-hybridized carbons (Fsp3) is 0.769. The summed E-state index contributed by atoms with van der Waals surface area (Å²) in [5, 5.41) is 12.5. The molecule has 0 spiro atoms. The zero-order valence-corrected chi connectivity index (χ0v) is 10.8. The van der Waals surface area contributed by atoms with Gasteiger partial charge in [0.15, 0.2) is 0 Å². The van der Waals surface area contributed by atoms with E-state index in [1.54, 1.807) is 0 Å². The molecular weight excluding hydrogens is 234 g/mol. The highest BCUT2D eigenvalue weighted by molar-refractivity contribution is 5.91. The van der Waals surface area contributed by atoms with E-state index in [4.69, 9.17) is 9.47 Å². The van der Waals surface area contributed by atoms with Crippen LogP contribution in [0.3, 0.4) is 0 Å². The predicted molar refractivity (Wildman–Crippen MR) is 65.6 cm³/mol. The van der Waals surface area contributed by atoms with Crippen LogP contribution in [0.4, 0.5) is 0 Å². The van der Waals surface area contributed by atoms with Gasteiger partial charge in [-0.05, 0) is 31.6 Å². The Balaban J connectivity index is 1.97. The molecule has 1 aliphatic carbocycles. The normalized spacial score (nSPS) is 31.9. The second-order valence-corrected chi connectivity index (χ2v) is 5.28. The van der Waals surface area contributed by atoms with Gasteiger partial charge in [0.2, 0.25) is 5.76 Å². The smallest absolute Gasteiger partial charge is 0.290 e. The van der Waals surface area contributed by atoms with Crippen molar-refractivity contribution in [2.24, 2.45) is 5.92 Å². The van der Waals surface area contributed by atoms with Crippen LogP contribution in [-0.4, -0.2) is 36.4 Å². The molecule has 0 aromatic heterocycles. The molecule has 1 amide bonds. The van der Waals surface area contributed by atoms with Crippen molar-refractivity contribution in [1.82, 2.24) is 5.32 Å². The topological polar surface area (TPSA) is 67.8 Å². The zero-order valence-electron chi connectivity index (χ0n) is 10.8. The Morgan fingerprint density at radius 1 is 1.50 bits per heavy atom. The lowest BCUT2D eigenvalue weighted by Gasteiger charge is -2.38. The molecule has 0 radical (unpaired) electrons. The van der Waals surface area contributed by atoms with Crippen molar-refractivity contribution >= 4 is 5.91 Å². The van der Waals surface area contributed by atoms with Gasteiger partial charge in [-0.3, -0.25) is 4.79 Å². The lowest BCUT2D eigenvalue weighted by Crippen LogP contribution is -2.54. The Labute approximate surface area is 107 Å². The molecule has 5 heteroatoms. The molecule has 5 nitrogen and oxygen atoms in total. The Morgan fingerprint density at radius 3 is 2.78 bits per heavy atom. The maximum atomic E-state index is 12.0. The first kappa shape index (κ1) is 13.2. The summed E-state index contributed by atoms with van der Waals surface area (Å²) in [6.45, 7) is 3.03. The fourth-order valence-corrected chi connectivity index (χ4v) is 2.43. The average molecular weight is 255 g/mol. The number of hydrogen-bond donors (Lipinski definition) is 2. The standard InChI is InChI=1S/C13H21NO4/c1-10-2-4-13(9-15,5-3-10)14-12(16)11-8-17-6-7-18-11/h8,10,15H,2-7,9H2,1H3,(H,14,16). The molecule has 102 valence electrons. The quantitative estimate of drug-likeness (QED) is 0.787. The largest absolute Gasteiger partial charge is 0.494 e. The molecule has 18 heavy (non-hydrogen) atoms. The van der Waals surface area contributed by atoms with E-state index in [0.717, 1.165) is 25.7 Å². The van der Waals surface area contributed by atoms with Crippen LogP contribution in [0.25, 0.3) is 0 Å². The van der Waals surface area contributed by atoms with Gasteiger partial charge in [0.25, 0.3) is 5.91 Å². The summed E-state index contributed by atoms with van der Waals surface area (Å²) in [4.78, 5) is 12.0. The summed E-state index contributed by atoms with van der Waals surface area (Å²) in [6.07, 6.45) is 5.01. The number of amides is 1. The first-order valence-electron chi connectivity index (χ1n) is 6.53. The first-order valence-corrected chi connectivity index (χ1v) is 6.53. The number of nitrogens with one attached hydrogen (secondary N) is 1. The summed E-state index contributed by atoms with van der Waals surface area (Å²) in [7, 11) is 0. The van der Waals surface area contributed by atoms with E-state index in [0.29, 0.717) is 19.1 Å². The fourth-order valence-electron chi connectivity index (χ4n) is 2.43. The minimum Gasteiger partial charge on any atom is -0.494 e. The molecule has 0 saturated heterocycles. The van der Waals surface area contributed by atoms with Crippen molar-refractivity contribution in [2.45, 2.75) is 38.1 Å². The summed E-state index contributed by atoms with van der Waals surface area (Å²) >= 11 is 0. The molecular formula is C13H21NO4. The molecule has 0 aromatic rings. The molecule has 1 fully saturated rings. The van der Waals surface area contributed by atoms with Crippen molar-refractivity contribution in [3.8, 4) is 0 Å². The van der Waals surface area contributed by atoms with Crippen LogP contribution in [0.5, 0.6) is 0 Å². The van der Waals surface area contributed by atoms with Crippen molar-refractivity contribution < 1.29 is 19.4 Å². The van der Waals surface area contributed by atoms with Crippen molar-refractivity contribution in [2.75, 3.05) is 19.8 Å². The minimum absolute atomic E-state index is 0.0282. The van der Waals surface area contributed by atoms with Crippen LogP contribution in [-0.2, 0) is 14.3 Å². The molecule has 0 bridgehead atoms. The number of ether oxygens (including phenoxy) is 2. The monoisotopic (exact) mass is 255 g/mol. The third kappa shape index (κ3) is 2.96. The molecule has 0 atom stereocenters. The average Bonchev–Trinajstić information content (AvgIpc) is 2.43. The number of carbonyl (C=O) groups is 1. The van der Waals surface area contributed by atoms with Gasteiger partial charge in [-0.1, -0.05) is 6.92 Å². The van der Waals surface area contributed by atoms with E-state index in [-0.39, 0.29) is 18.3 Å². The Hall–Kier alpha value is -1.23. The van der Waals surface area contributed by atoms with Gasteiger partial charge in [-0.15, -0.1) is 0 Å². The lowest BCUT2D eigenvalue weighted by atomic mass is 9.77. The van der Waals surface area contributed by atoms with Gasteiger partial charge in [0.05, 0.1) is 12.1 Å². The van der Waals surface area contributed by atoms with Gasteiger partial charge in [0, 0.05) is 0 Å². The number of rotatable bonds is 3. The molecule has 2 N–H and O–H groups in total. The Morgan fingerprint density at radius 2 is 2.22 bits per heavy atom. The number of hydrogen-bond acceptors (Lipinski definition) is 4. The van der Waals surface area contributed by atoms with Gasteiger partial charge in [-0.25, -0.2) is 0 Å². The highest BCUT2D eigenvalue weighted by atomic mass is 16.6. The van der Waals surface area contributed by atoms with E-state index in [1.165, 1.54) is 6.26 Å². The van der Waals surface area contributed by atoms with Crippen LogP contribution in [0.15, 0.2) is 12.0 Å². The van der Waals surface area contributed by atoms with E-state index in [2.05, 4.69) is 12.2 Å². The molecule has 1 aliphatic heterocycles. The van der Waals surface area contributed by atoms with Crippen LogP contribution in [0.2, 0.25) is 0 Å². The highest BCUT2D eigenvalue weighted by Crippen LogP contribution is 2.31.